The number of nitrogens with one attached hydrogen (secondary N) is 2. The van der Waals surface area contributed by atoms with Crippen LogP contribution in [0.1, 0.15) is 23.2 Å². The molecule has 2 aliphatic heterocycles. The van der Waals surface area contributed by atoms with Crippen LogP contribution in [-0.2, 0) is 4.74 Å². The maximum Gasteiger partial charge on any atom is 0.248 e. The number of carbonyl (C=O) groups excluding carboxylic acids is 1. The Bertz CT molecular complexity index is 1460. The highest BCUT2D eigenvalue weighted by Crippen LogP contribution is 2.35. The third-order valence-corrected chi connectivity index (χ3v) is 7.28. The smallest absolute Gasteiger partial charge is 0.248 e. The zero-order valence-corrected chi connectivity index (χ0v) is 21.9. The van der Waals surface area contributed by atoms with Gasteiger partial charge in [-0.2, -0.15) is 5.10 Å². The number of aromatic amines is 1. The monoisotopic (exact) mass is 528 g/mol. The van der Waals surface area contributed by atoms with Crippen molar-refractivity contribution >= 4 is 34.1 Å². The van der Waals surface area contributed by atoms with Crippen molar-refractivity contribution in [3.05, 3.63) is 54.5 Å². The normalized spacial score (nSPS) is 16.9. The predicted molar refractivity (Wildman–Crippen MR) is 150 cm³/mol. The number of anilines is 3. The van der Waals surface area contributed by atoms with Crippen molar-refractivity contribution in [2.45, 2.75) is 18.9 Å². The van der Waals surface area contributed by atoms with Crippen molar-refractivity contribution in [2.75, 3.05) is 56.7 Å². The Morgan fingerprint density at radius 1 is 1.10 bits per heavy atom. The molecule has 2 saturated heterocycles. The number of amides is 1. The van der Waals surface area contributed by atoms with Gasteiger partial charge in [0.1, 0.15) is 11.9 Å². The average Bonchev–Trinajstić information content (AvgIpc) is 3.49. The van der Waals surface area contributed by atoms with E-state index in [4.69, 9.17) is 20.2 Å². The summed E-state index contributed by atoms with van der Waals surface area (Å²) in [5, 5.41) is 11.2. The van der Waals surface area contributed by atoms with Crippen LogP contribution in [0.3, 0.4) is 0 Å². The molecule has 0 atom stereocenters. The Morgan fingerprint density at radius 2 is 1.92 bits per heavy atom. The van der Waals surface area contributed by atoms with Crippen molar-refractivity contribution in [3.63, 3.8) is 0 Å². The zero-order chi connectivity index (χ0) is 26.8. The van der Waals surface area contributed by atoms with Gasteiger partial charge in [0.15, 0.2) is 0 Å². The number of fused-ring (bicyclic) bond motifs is 1. The molecule has 2 aromatic carbocycles. The SMILES string of the molecule is CN1CCC(Oc2cc3nc(Nc4cc(C(N)=O)cc(N5CCOCC5)c4)ncc3cc2-c2cn[nH]c2)CC1. The Kier molecular flexibility index (Phi) is 6.99. The first-order valence-electron chi connectivity index (χ1n) is 13.2. The maximum atomic E-state index is 12.1. The molecule has 2 aromatic heterocycles. The summed E-state index contributed by atoms with van der Waals surface area (Å²) >= 11 is 0. The molecule has 4 heterocycles. The van der Waals surface area contributed by atoms with Gasteiger partial charge >= 0.3 is 0 Å². The average molecular weight is 529 g/mol. The molecule has 0 unspecified atom stereocenters. The number of likely N-dealkylation sites (tertiary alicyclic amines) is 1. The molecule has 2 fully saturated rings. The molecule has 39 heavy (non-hydrogen) atoms. The van der Waals surface area contributed by atoms with Crippen LogP contribution in [0.25, 0.3) is 22.0 Å². The lowest BCUT2D eigenvalue weighted by molar-refractivity contribution is 0.1000. The number of H-pyrrole nitrogens is 1. The van der Waals surface area contributed by atoms with Crippen molar-refractivity contribution in [1.82, 2.24) is 25.1 Å². The molecular formula is C28H32N8O3. The van der Waals surface area contributed by atoms with Crippen LogP contribution in [0.5, 0.6) is 5.75 Å². The van der Waals surface area contributed by atoms with Gasteiger partial charge in [0.2, 0.25) is 11.9 Å². The van der Waals surface area contributed by atoms with Gasteiger partial charge in [0, 0.05) is 78.1 Å². The van der Waals surface area contributed by atoms with Crippen molar-refractivity contribution in [2.24, 2.45) is 5.73 Å². The van der Waals surface area contributed by atoms with Crippen molar-refractivity contribution in [1.29, 1.82) is 0 Å². The molecule has 2 aliphatic rings. The highest BCUT2D eigenvalue weighted by atomic mass is 16.5. The van der Waals surface area contributed by atoms with E-state index in [1.807, 2.05) is 30.5 Å². The Labute approximate surface area is 226 Å². The van der Waals surface area contributed by atoms with Crippen LogP contribution in [0, 0.1) is 0 Å². The molecular weight excluding hydrogens is 496 g/mol. The molecule has 0 radical (unpaired) electrons. The molecule has 0 spiro atoms. The van der Waals surface area contributed by atoms with Crippen molar-refractivity contribution in [3.8, 4) is 16.9 Å². The first kappa shape index (κ1) is 25.1. The summed E-state index contributed by atoms with van der Waals surface area (Å²) < 4.78 is 12.0. The minimum absolute atomic E-state index is 0.138. The van der Waals surface area contributed by atoms with E-state index in [-0.39, 0.29) is 6.10 Å². The first-order valence-corrected chi connectivity index (χ1v) is 13.2. The van der Waals surface area contributed by atoms with Gasteiger partial charge in [-0.15, -0.1) is 0 Å². The fraction of sp³-hybridized carbons (Fsp3) is 0.357. The summed E-state index contributed by atoms with van der Waals surface area (Å²) in [5.74, 6) is 0.696. The van der Waals surface area contributed by atoms with E-state index in [1.54, 1.807) is 18.5 Å². The number of hydrogen-bond acceptors (Lipinski definition) is 9. The first-order chi connectivity index (χ1) is 19.0. The number of nitrogens with two attached hydrogens (primary N) is 1. The molecule has 0 bridgehead atoms. The quantitative estimate of drug-likeness (QED) is 0.331. The molecule has 0 aliphatic carbocycles. The summed E-state index contributed by atoms with van der Waals surface area (Å²) in [6, 6.07) is 9.52. The molecule has 4 N–H and O–H groups in total. The van der Waals surface area contributed by atoms with Gasteiger partial charge in [-0.3, -0.25) is 9.89 Å². The summed E-state index contributed by atoms with van der Waals surface area (Å²) in [6.45, 7) is 4.78. The maximum absolute atomic E-state index is 12.1. The van der Waals surface area contributed by atoms with Gasteiger partial charge in [0.05, 0.1) is 24.9 Å². The molecule has 11 nitrogen and oxygen atoms in total. The highest BCUT2D eigenvalue weighted by molar-refractivity contribution is 5.95. The van der Waals surface area contributed by atoms with Gasteiger partial charge in [-0.25, -0.2) is 9.97 Å². The number of aromatic nitrogens is 4. The fourth-order valence-corrected chi connectivity index (χ4v) is 5.08. The summed E-state index contributed by atoms with van der Waals surface area (Å²) in [5.41, 5.74) is 10.3. The summed E-state index contributed by atoms with van der Waals surface area (Å²) in [6.07, 6.45) is 7.51. The third-order valence-electron chi connectivity index (χ3n) is 7.28. The van der Waals surface area contributed by atoms with Crippen LogP contribution in [0.2, 0.25) is 0 Å². The third kappa shape index (κ3) is 5.64. The lowest BCUT2D eigenvalue weighted by atomic mass is 10.0. The van der Waals surface area contributed by atoms with Gasteiger partial charge in [0.25, 0.3) is 0 Å². The second-order valence-electron chi connectivity index (χ2n) is 10.1. The van der Waals surface area contributed by atoms with Crippen LogP contribution < -0.4 is 20.7 Å². The van der Waals surface area contributed by atoms with E-state index in [1.165, 1.54) is 0 Å². The number of primary amides is 1. The number of nitrogens with zero attached hydrogens (tertiary/aromatic N) is 5. The Balaban J connectivity index is 1.32. The number of rotatable bonds is 7. The number of hydrogen-bond donors (Lipinski definition) is 3. The number of piperidine rings is 1. The van der Waals surface area contributed by atoms with Crippen LogP contribution in [0.4, 0.5) is 17.3 Å². The van der Waals surface area contributed by atoms with E-state index < -0.39 is 5.91 Å². The number of benzene rings is 2. The van der Waals surface area contributed by atoms with E-state index in [0.717, 1.165) is 72.5 Å². The predicted octanol–water partition coefficient (Wildman–Crippen LogP) is 3.17. The van der Waals surface area contributed by atoms with E-state index >= 15 is 0 Å². The number of carbonyl (C=O) groups is 1. The van der Waals surface area contributed by atoms with Gasteiger partial charge in [-0.1, -0.05) is 0 Å². The van der Waals surface area contributed by atoms with E-state index in [9.17, 15) is 4.79 Å². The molecule has 4 aromatic rings. The number of ether oxygens (including phenoxy) is 2. The standard InChI is InChI=1S/C28H32N8O3/c1-35-4-2-23(3-5-35)39-26-14-25-19(12-24(26)20-16-31-32-17-20)15-30-28(34-25)33-21-10-18(27(29)37)11-22(13-21)36-6-8-38-9-7-36/h10-17,23H,2-9H2,1H3,(H2,29,37)(H,31,32)(H,30,33,34). The van der Waals surface area contributed by atoms with Crippen molar-refractivity contribution < 1.29 is 14.3 Å². The van der Waals surface area contributed by atoms with Gasteiger partial charge < -0.3 is 30.3 Å². The topological polar surface area (TPSA) is 135 Å². The van der Waals surface area contributed by atoms with E-state index in [2.05, 4.69) is 37.3 Å². The molecule has 1 amide bonds. The summed E-state index contributed by atoms with van der Waals surface area (Å²) in [4.78, 5) is 25.9. The molecule has 6 rings (SSSR count). The van der Waals surface area contributed by atoms with Gasteiger partial charge in [-0.05, 0) is 44.2 Å². The summed E-state index contributed by atoms with van der Waals surface area (Å²) in [7, 11) is 2.14. The lowest BCUT2D eigenvalue weighted by Crippen LogP contribution is -2.36. The zero-order valence-electron chi connectivity index (χ0n) is 21.9. The lowest BCUT2D eigenvalue weighted by Gasteiger charge is -2.30. The fourth-order valence-electron chi connectivity index (χ4n) is 5.08. The van der Waals surface area contributed by atoms with Crippen LogP contribution in [0.15, 0.2) is 48.9 Å². The van der Waals surface area contributed by atoms with Crippen LogP contribution >= 0.6 is 0 Å². The largest absolute Gasteiger partial charge is 0.490 e. The highest BCUT2D eigenvalue weighted by Gasteiger charge is 2.21. The Morgan fingerprint density at radius 3 is 2.67 bits per heavy atom. The minimum Gasteiger partial charge on any atom is -0.490 e. The second-order valence-corrected chi connectivity index (χ2v) is 10.1. The molecule has 0 saturated carbocycles. The second kappa shape index (κ2) is 10.9. The van der Waals surface area contributed by atoms with Crippen LogP contribution in [-0.4, -0.2) is 83.5 Å². The number of morpholine rings is 1. The Hall–Kier alpha value is -4.22. The minimum atomic E-state index is -0.491. The van der Waals surface area contributed by atoms with E-state index in [0.29, 0.717) is 30.4 Å². The molecule has 202 valence electrons. The molecule has 11 heteroatoms.